The molecule has 0 radical (unpaired) electrons. The van der Waals surface area contributed by atoms with Gasteiger partial charge < -0.3 is 4.74 Å². The van der Waals surface area contributed by atoms with Crippen LogP contribution in [0.5, 0.6) is 11.5 Å². The van der Waals surface area contributed by atoms with Gasteiger partial charge in [-0.1, -0.05) is 58.2 Å². The second-order valence-electron chi connectivity index (χ2n) is 4.18. The molecule has 0 N–H and O–H groups in total. The lowest BCUT2D eigenvalue weighted by Crippen LogP contribution is -2.02. The van der Waals surface area contributed by atoms with Crippen molar-refractivity contribution < 1.29 is 4.74 Å². The van der Waals surface area contributed by atoms with Crippen molar-refractivity contribution in [3.63, 3.8) is 0 Å². The van der Waals surface area contributed by atoms with Gasteiger partial charge in [0.2, 0.25) is 0 Å². The Morgan fingerprint density at radius 1 is 0.909 bits per heavy atom. The molecule has 0 saturated heterocycles. The average Bonchev–Trinajstić information content (AvgIpc) is 2.49. The summed E-state index contributed by atoms with van der Waals surface area (Å²) in [4.78, 5) is 1.10. The number of hydrogen-bond acceptors (Lipinski definition) is 4. The largest absolute Gasteiger partial charge is 0.453 e. The Balaban J connectivity index is 2.31. The number of rotatable bonds is 0. The van der Waals surface area contributed by atoms with Crippen LogP contribution in [0.15, 0.2) is 21.9 Å². The third-order valence-electron chi connectivity index (χ3n) is 2.93. The van der Waals surface area contributed by atoms with Crippen LogP contribution in [0.1, 0.15) is 11.1 Å². The molecule has 0 atom stereocenters. The zero-order valence-corrected chi connectivity index (χ0v) is 14.2. The van der Waals surface area contributed by atoms with Gasteiger partial charge in [-0.25, -0.2) is 0 Å². The van der Waals surface area contributed by atoms with Gasteiger partial charge in [-0.2, -0.15) is 10.5 Å². The highest BCUT2D eigenvalue weighted by atomic mass is 35.5. The summed E-state index contributed by atoms with van der Waals surface area (Å²) in [6, 6.07) is 7.11. The van der Waals surface area contributed by atoms with Crippen LogP contribution in [-0.2, 0) is 0 Å². The quantitative estimate of drug-likeness (QED) is 0.454. The van der Waals surface area contributed by atoms with Crippen LogP contribution in [0.4, 0.5) is 0 Å². The minimum Gasteiger partial charge on any atom is -0.453 e. The highest BCUT2D eigenvalue weighted by Gasteiger charge is 2.29. The number of ether oxygens (including phenoxy) is 1. The molecule has 0 bridgehead atoms. The van der Waals surface area contributed by atoms with Crippen LogP contribution in [0, 0.1) is 22.7 Å². The summed E-state index contributed by atoms with van der Waals surface area (Å²) in [5.74, 6) is 0.634. The second-order valence-corrected chi connectivity index (χ2v) is 6.80. The molecule has 1 aliphatic rings. The lowest BCUT2D eigenvalue weighted by atomic mass is 10.1. The maximum absolute atomic E-state index is 9.32. The lowest BCUT2D eigenvalue weighted by molar-refractivity contribution is 0.452. The first kappa shape index (κ1) is 15.6. The van der Waals surface area contributed by atoms with E-state index in [0.29, 0.717) is 25.6 Å². The fourth-order valence-corrected chi connectivity index (χ4v) is 3.91. The maximum Gasteiger partial charge on any atom is 0.162 e. The zero-order chi connectivity index (χ0) is 16.0. The van der Waals surface area contributed by atoms with Crippen molar-refractivity contribution in [3.05, 3.63) is 43.4 Å². The summed E-state index contributed by atoms with van der Waals surface area (Å²) >= 11 is 25.3. The summed E-state index contributed by atoms with van der Waals surface area (Å²) in [7, 11) is 0. The van der Waals surface area contributed by atoms with Crippen molar-refractivity contribution in [3.8, 4) is 23.6 Å². The standard InChI is InChI=1S/C14H2Cl4N2OS/c15-7-1-9-10(2-8(7)16)22-14-6(4-20)12(18)11(17)5(3-19)13(14)21-9/h1-2H. The van der Waals surface area contributed by atoms with E-state index in [1.165, 1.54) is 11.8 Å². The van der Waals surface area contributed by atoms with Crippen molar-refractivity contribution >= 4 is 58.2 Å². The Bertz CT molecular complexity index is 841. The lowest BCUT2D eigenvalue weighted by Gasteiger charge is -2.23. The molecule has 0 saturated carbocycles. The molecule has 2 aromatic carbocycles. The summed E-state index contributed by atoms with van der Waals surface area (Å²) in [5, 5.41) is 19.3. The first-order valence-corrected chi connectivity index (χ1v) is 8.00. The summed E-state index contributed by atoms with van der Waals surface area (Å²) in [6.45, 7) is 0. The smallest absolute Gasteiger partial charge is 0.162 e. The molecule has 1 heterocycles. The summed E-state index contributed by atoms with van der Waals surface area (Å²) < 4.78 is 5.73. The van der Waals surface area contributed by atoms with Gasteiger partial charge in [-0.15, -0.1) is 0 Å². The predicted octanol–water partition coefficient (Wildman–Crippen LogP) is 6.30. The Labute approximate surface area is 149 Å². The van der Waals surface area contributed by atoms with Crippen molar-refractivity contribution in [1.82, 2.24) is 0 Å². The van der Waals surface area contributed by atoms with Crippen LogP contribution < -0.4 is 4.74 Å². The molecule has 0 aromatic heterocycles. The maximum atomic E-state index is 9.32. The number of halogens is 4. The van der Waals surface area contributed by atoms with E-state index >= 15 is 0 Å². The van der Waals surface area contributed by atoms with Gasteiger partial charge in [-0.05, 0) is 6.07 Å². The monoisotopic (exact) mass is 386 g/mol. The van der Waals surface area contributed by atoms with E-state index < -0.39 is 0 Å². The van der Waals surface area contributed by atoms with Gasteiger partial charge in [0.1, 0.15) is 23.5 Å². The molecule has 0 fully saturated rings. The molecule has 1 aliphatic heterocycles. The SMILES string of the molecule is N#Cc1c(Cl)c(Cl)c(C#N)c2c1Oc1cc(Cl)c(Cl)cc1S2. The van der Waals surface area contributed by atoms with E-state index in [1.807, 2.05) is 12.1 Å². The van der Waals surface area contributed by atoms with Gasteiger partial charge in [0.15, 0.2) is 5.75 Å². The molecule has 108 valence electrons. The van der Waals surface area contributed by atoms with Crippen LogP contribution in [0.2, 0.25) is 20.1 Å². The van der Waals surface area contributed by atoms with Gasteiger partial charge in [0.05, 0.1) is 35.4 Å². The molecule has 3 rings (SSSR count). The number of hydrogen-bond donors (Lipinski definition) is 0. The highest BCUT2D eigenvalue weighted by molar-refractivity contribution is 7.99. The van der Waals surface area contributed by atoms with Crippen LogP contribution in [0.25, 0.3) is 0 Å². The number of nitrogens with zero attached hydrogens (tertiary/aromatic N) is 2. The molecule has 0 aliphatic carbocycles. The fourth-order valence-electron chi connectivity index (χ4n) is 1.93. The van der Waals surface area contributed by atoms with Crippen molar-refractivity contribution in [1.29, 1.82) is 10.5 Å². The van der Waals surface area contributed by atoms with E-state index in [2.05, 4.69) is 0 Å². The van der Waals surface area contributed by atoms with E-state index in [9.17, 15) is 10.5 Å². The Hall–Kier alpha value is -1.27. The molecule has 3 nitrogen and oxygen atoms in total. The summed E-state index contributed by atoms with van der Waals surface area (Å²) in [6.07, 6.45) is 0. The molecule has 2 aromatic rings. The van der Waals surface area contributed by atoms with Crippen LogP contribution in [-0.4, -0.2) is 0 Å². The average molecular weight is 388 g/mol. The molecule has 0 spiro atoms. The van der Waals surface area contributed by atoms with Crippen LogP contribution >= 0.6 is 58.2 Å². The number of benzene rings is 2. The van der Waals surface area contributed by atoms with Gasteiger partial charge in [0.25, 0.3) is 0 Å². The van der Waals surface area contributed by atoms with Crippen molar-refractivity contribution in [2.45, 2.75) is 9.79 Å². The molecular formula is C14H2Cl4N2OS. The Morgan fingerprint density at radius 2 is 1.50 bits per heavy atom. The van der Waals surface area contributed by atoms with Crippen molar-refractivity contribution in [2.75, 3.05) is 0 Å². The molecule has 0 unspecified atom stereocenters. The highest BCUT2D eigenvalue weighted by Crippen LogP contribution is 2.54. The first-order chi connectivity index (χ1) is 10.5. The number of fused-ring (bicyclic) bond motifs is 2. The topological polar surface area (TPSA) is 56.8 Å². The minimum atomic E-state index is -0.0106. The van der Waals surface area contributed by atoms with Gasteiger partial charge in [-0.3, -0.25) is 0 Å². The van der Waals surface area contributed by atoms with E-state index in [1.54, 1.807) is 12.1 Å². The molecule has 0 amide bonds. The molecule has 8 heteroatoms. The third-order valence-corrected chi connectivity index (χ3v) is 5.63. The third kappa shape index (κ3) is 2.29. The predicted molar refractivity (Wildman–Crippen MR) is 86.6 cm³/mol. The van der Waals surface area contributed by atoms with E-state index in [4.69, 9.17) is 51.1 Å². The van der Waals surface area contributed by atoms with E-state index in [-0.39, 0.29) is 26.9 Å². The Kier molecular flexibility index (Phi) is 4.07. The van der Waals surface area contributed by atoms with Crippen LogP contribution in [0.3, 0.4) is 0 Å². The van der Waals surface area contributed by atoms with Crippen molar-refractivity contribution in [2.24, 2.45) is 0 Å². The Morgan fingerprint density at radius 3 is 2.14 bits per heavy atom. The normalized spacial score (nSPS) is 11.7. The number of nitriles is 2. The minimum absolute atomic E-state index is 0.0106. The molecule has 22 heavy (non-hydrogen) atoms. The first-order valence-electron chi connectivity index (χ1n) is 5.67. The second kappa shape index (κ2) is 5.74. The zero-order valence-electron chi connectivity index (χ0n) is 10.4. The summed E-state index contributed by atoms with van der Waals surface area (Å²) in [5.41, 5.74) is 0.229. The van der Waals surface area contributed by atoms with Gasteiger partial charge in [0, 0.05) is 6.07 Å². The molecular weight excluding hydrogens is 386 g/mol. The fraction of sp³-hybridized carbons (Fsp3) is 0. The van der Waals surface area contributed by atoms with Gasteiger partial charge >= 0.3 is 0 Å². The van der Waals surface area contributed by atoms with E-state index in [0.717, 1.165) is 0 Å².